The van der Waals surface area contributed by atoms with Gasteiger partial charge in [0.1, 0.15) is 17.6 Å². The summed E-state index contributed by atoms with van der Waals surface area (Å²) in [6, 6.07) is 16.2. The lowest BCUT2D eigenvalue weighted by Gasteiger charge is -2.25. The van der Waals surface area contributed by atoms with Crippen molar-refractivity contribution < 1.29 is 0 Å². The molecule has 0 aliphatic carbocycles. The van der Waals surface area contributed by atoms with Crippen LogP contribution in [-0.2, 0) is 6.54 Å². The van der Waals surface area contributed by atoms with Gasteiger partial charge in [0, 0.05) is 19.6 Å². The van der Waals surface area contributed by atoms with Crippen LogP contribution in [0, 0.1) is 18.3 Å². The van der Waals surface area contributed by atoms with Crippen molar-refractivity contribution in [2.24, 2.45) is 0 Å². The summed E-state index contributed by atoms with van der Waals surface area (Å²) in [4.78, 5) is 8.80. The molecule has 0 spiro atoms. The fourth-order valence-electron chi connectivity index (χ4n) is 2.29. The molecule has 1 aromatic heterocycles. The molecule has 4 heteroatoms. The molecule has 2 aromatic rings. The Bertz CT molecular complexity index is 658. The number of aromatic nitrogens is 1. The zero-order valence-electron chi connectivity index (χ0n) is 13.5. The van der Waals surface area contributed by atoms with Crippen molar-refractivity contribution in [2.45, 2.75) is 13.5 Å². The first-order valence-electron chi connectivity index (χ1n) is 7.41. The normalized spacial score (nSPS) is 10.5. The monoisotopic (exact) mass is 294 g/mol. The predicted octanol–water partition coefficient (Wildman–Crippen LogP) is 2.83. The zero-order chi connectivity index (χ0) is 15.9. The van der Waals surface area contributed by atoms with E-state index in [2.05, 4.69) is 66.1 Å². The van der Waals surface area contributed by atoms with Gasteiger partial charge in [-0.1, -0.05) is 35.9 Å². The summed E-state index contributed by atoms with van der Waals surface area (Å²) in [5.74, 6) is 0.849. The Morgan fingerprint density at radius 3 is 2.55 bits per heavy atom. The number of nitriles is 1. The molecule has 0 aliphatic rings. The van der Waals surface area contributed by atoms with Crippen LogP contribution in [0.5, 0.6) is 0 Å². The van der Waals surface area contributed by atoms with Crippen LogP contribution in [0.25, 0.3) is 0 Å². The van der Waals surface area contributed by atoms with Gasteiger partial charge in [-0.25, -0.2) is 4.98 Å². The smallest absolute Gasteiger partial charge is 0.142 e. The molecule has 0 fully saturated rings. The molecule has 1 heterocycles. The highest BCUT2D eigenvalue weighted by molar-refractivity contribution is 5.42. The molecular weight excluding hydrogens is 272 g/mol. The maximum absolute atomic E-state index is 9.05. The Morgan fingerprint density at radius 2 is 1.86 bits per heavy atom. The topological polar surface area (TPSA) is 43.2 Å². The van der Waals surface area contributed by atoms with Gasteiger partial charge in [0.2, 0.25) is 0 Å². The van der Waals surface area contributed by atoms with E-state index in [9.17, 15) is 0 Å². The number of nitrogens with zero attached hydrogens (tertiary/aromatic N) is 4. The van der Waals surface area contributed by atoms with Gasteiger partial charge >= 0.3 is 0 Å². The SMILES string of the molecule is Cc1cccc(CN(CCN(C)C)c2cccc(C#N)n2)c1. The maximum atomic E-state index is 9.05. The van der Waals surface area contributed by atoms with Crippen LogP contribution in [0.15, 0.2) is 42.5 Å². The van der Waals surface area contributed by atoms with Crippen LogP contribution in [0.4, 0.5) is 5.82 Å². The van der Waals surface area contributed by atoms with Gasteiger partial charge in [-0.15, -0.1) is 0 Å². The summed E-state index contributed by atoms with van der Waals surface area (Å²) >= 11 is 0. The number of pyridine rings is 1. The number of hydrogen-bond acceptors (Lipinski definition) is 4. The van der Waals surface area contributed by atoms with Crippen molar-refractivity contribution >= 4 is 5.82 Å². The fraction of sp³-hybridized carbons (Fsp3) is 0.333. The highest BCUT2D eigenvalue weighted by Gasteiger charge is 2.10. The van der Waals surface area contributed by atoms with E-state index in [1.54, 1.807) is 6.07 Å². The summed E-state index contributed by atoms with van der Waals surface area (Å²) in [5, 5.41) is 9.05. The van der Waals surface area contributed by atoms with E-state index in [1.165, 1.54) is 11.1 Å². The molecule has 0 amide bonds. The largest absolute Gasteiger partial charge is 0.351 e. The van der Waals surface area contributed by atoms with E-state index < -0.39 is 0 Å². The van der Waals surface area contributed by atoms with Gasteiger partial charge in [0.05, 0.1) is 0 Å². The molecule has 0 saturated heterocycles. The highest BCUT2D eigenvalue weighted by Crippen LogP contribution is 2.16. The second-order valence-electron chi connectivity index (χ2n) is 5.71. The minimum atomic E-state index is 0.455. The van der Waals surface area contributed by atoms with E-state index in [0.29, 0.717) is 5.69 Å². The molecule has 1 aromatic carbocycles. The van der Waals surface area contributed by atoms with Crippen LogP contribution in [-0.4, -0.2) is 37.1 Å². The van der Waals surface area contributed by atoms with E-state index in [0.717, 1.165) is 25.5 Å². The summed E-state index contributed by atoms with van der Waals surface area (Å²) in [5.41, 5.74) is 2.96. The summed E-state index contributed by atoms with van der Waals surface area (Å²) in [7, 11) is 4.12. The number of aryl methyl sites for hydroxylation is 1. The minimum Gasteiger partial charge on any atom is -0.351 e. The summed E-state index contributed by atoms with van der Waals surface area (Å²) in [6.45, 7) is 4.69. The minimum absolute atomic E-state index is 0.455. The second-order valence-corrected chi connectivity index (χ2v) is 5.71. The molecule has 2 rings (SSSR count). The second kappa shape index (κ2) is 7.58. The third-order valence-electron chi connectivity index (χ3n) is 3.45. The molecule has 114 valence electrons. The number of benzene rings is 1. The van der Waals surface area contributed by atoms with E-state index in [4.69, 9.17) is 5.26 Å². The first-order valence-corrected chi connectivity index (χ1v) is 7.41. The third kappa shape index (κ3) is 4.57. The Hall–Kier alpha value is -2.38. The van der Waals surface area contributed by atoms with E-state index in [-0.39, 0.29) is 0 Å². The molecule has 0 atom stereocenters. The van der Waals surface area contributed by atoms with E-state index in [1.807, 2.05) is 12.1 Å². The van der Waals surface area contributed by atoms with Crippen molar-refractivity contribution in [1.82, 2.24) is 9.88 Å². The molecule has 4 nitrogen and oxygen atoms in total. The Morgan fingerprint density at radius 1 is 1.09 bits per heavy atom. The maximum Gasteiger partial charge on any atom is 0.142 e. The van der Waals surface area contributed by atoms with Crippen LogP contribution in [0.3, 0.4) is 0 Å². The molecule has 0 saturated carbocycles. The zero-order valence-corrected chi connectivity index (χ0v) is 13.5. The Labute approximate surface area is 132 Å². The molecule has 0 bridgehead atoms. The standard InChI is InChI=1S/C18H22N4/c1-15-6-4-7-16(12-15)14-22(11-10-21(2)3)18-9-5-8-17(13-19)20-18/h4-9,12H,10-11,14H2,1-3H3. The van der Waals surface area contributed by atoms with Crippen molar-refractivity contribution in [3.8, 4) is 6.07 Å². The number of likely N-dealkylation sites (N-methyl/N-ethyl adjacent to an activating group) is 1. The molecule has 0 radical (unpaired) electrons. The van der Waals surface area contributed by atoms with Crippen LogP contribution >= 0.6 is 0 Å². The van der Waals surface area contributed by atoms with Crippen LogP contribution in [0.2, 0.25) is 0 Å². The molecule has 0 unspecified atom stereocenters. The van der Waals surface area contributed by atoms with Gasteiger partial charge < -0.3 is 9.80 Å². The van der Waals surface area contributed by atoms with Crippen molar-refractivity contribution in [1.29, 1.82) is 5.26 Å². The first kappa shape index (κ1) is 16.0. The number of anilines is 1. The van der Waals surface area contributed by atoms with Gasteiger partial charge in [-0.05, 0) is 38.7 Å². The van der Waals surface area contributed by atoms with Gasteiger partial charge in [-0.3, -0.25) is 0 Å². The van der Waals surface area contributed by atoms with Gasteiger partial charge in [0.25, 0.3) is 0 Å². The van der Waals surface area contributed by atoms with Gasteiger partial charge in [0.15, 0.2) is 0 Å². The highest BCUT2D eigenvalue weighted by atomic mass is 15.2. The summed E-state index contributed by atoms with van der Waals surface area (Å²) < 4.78 is 0. The average Bonchev–Trinajstić information content (AvgIpc) is 2.51. The lowest BCUT2D eigenvalue weighted by atomic mass is 10.1. The Kier molecular flexibility index (Phi) is 5.51. The fourth-order valence-corrected chi connectivity index (χ4v) is 2.29. The Balaban J connectivity index is 2.23. The van der Waals surface area contributed by atoms with Crippen LogP contribution < -0.4 is 4.90 Å². The number of rotatable bonds is 6. The first-order chi connectivity index (χ1) is 10.6. The van der Waals surface area contributed by atoms with Gasteiger partial charge in [-0.2, -0.15) is 5.26 Å². The number of hydrogen-bond donors (Lipinski definition) is 0. The molecule has 0 N–H and O–H groups in total. The van der Waals surface area contributed by atoms with E-state index >= 15 is 0 Å². The lowest BCUT2D eigenvalue weighted by Crippen LogP contribution is -2.32. The molecule has 0 aliphatic heterocycles. The summed E-state index contributed by atoms with van der Waals surface area (Å²) in [6.07, 6.45) is 0. The quantitative estimate of drug-likeness (QED) is 0.821. The van der Waals surface area contributed by atoms with Crippen molar-refractivity contribution in [3.05, 3.63) is 59.3 Å². The lowest BCUT2D eigenvalue weighted by molar-refractivity contribution is 0.412. The van der Waals surface area contributed by atoms with Crippen LogP contribution in [0.1, 0.15) is 16.8 Å². The van der Waals surface area contributed by atoms with Crippen molar-refractivity contribution in [3.63, 3.8) is 0 Å². The predicted molar refractivity (Wildman–Crippen MR) is 89.7 cm³/mol. The third-order valence-corrected chi connectivity index (χ3v) is 3.45. The van der Waals surface area contributed by atoms with Crippen molar-refractivity contribution in [2.75, 3.05) is 32.1 Å². The molecule has 22 heavy (non-hydrogen) atoms. The average molecular weight is 294 g/mol. The molecular formula is C18H22N4.